The molecule has 2 aromatic rings. The Morgan fingerprint density at radius 2 is 1.86 bits per heavy atom. The van der Waals surface area contributed by atoms with Gasteiger partial charge >= 0.3 is 12.0 Å². The van der Waals surface area contributed by atoms with E-state index < -0.39 is 24.0 Å². The van der Waals surface area contributed by atoms with Crippen molar-refractivity contribution in [2.24, 2.45) is 5.73 Å². The van der Waals surface area contributed by atoms with E-state index >= 15 is 0 Å². The molecule has 28 heavy (non-hydrogen) atoms. The van der Waals surface area contributed by atoms with Crippen molar-refractivity contribution in [3.63, 3.8) is 0 Å². The first-order valence-corrected chi connectivity index (χ1v) is 9.16. The fourth-order valence-corrected chi connectivity index (χ4v) is 2.72. The van der Waals surface area contributed by atoms with Crippen LogP contribution in [0.2, 0.25) is 0 Å². The molecule has 2 rings (SSSR count). The summed E-state index contributed by atoms with van der Waals surface area (Å²) in [7, 11) is 0. The Bertz CT molecular complexity index is 938. The zero-order valence-corrected chi connectivity index (χ0v) is 15.9. The minimum Gasteiger partial charge on any atom is -0.448 e. The number of nitrogens with two attached hydrogens (primary N) is 1. The van der Waals surface area contributed by atoms with Crippen LogP contribution < -0.4 is 16.6 Å². The van der Waals surface area contributed by atoms with Crippen molar-refractivity contribution in [1.29, 1.82) is 0 Å². The molecule has 0 aliphatic carbocycles. The first kappa shape index (κ1) is 21.1. The molecule has 0 aliphatic heterocycles. The number of aromatic nitrogens is 2. The number of aryl methyl sites for hydroxylation is 1. The van der Waals surface area contributed by atoms with Crippen molar-refractivity contribution in [1.82, 2.24) is 15.1 Å². The van der Waals surface area contributed by atoms with E-state index in [1.54, 1.807) is 24.3 Å². The molecule has 1 aromatic carbocycles. The highest BCUT2D eigenvalue weighted by atomic mass is 16.5. The number of nitrogens with zero attached hydrogens (tertiary/aromatic N) is 2. The number of amides is 3. The molecule has 0 fully saturated rings. The summed E-state index contributed by atoms with van der Waals surface area (Å²) in [6.45, 7) is 3.77. The Kier molecular flexibility index (Phi) is 7.25. The largest absolute Gasteiger partial charge is 0.448 e. The lowest BCUT2D eigenvalue weighted by Crippen LogP contribution is -2.42. The smallest absolute Gasteiger partial charge is 0.360 e. The molecule has 0 saturated carbocycles. The summed E-state index contributed by atoms with van der Waals surface area (Å²) >= 11 is 0. The Morgan fingerprint density at radius 1 is 1.18 bits per heavy atom. The highest BCUT2D eigenvalue weighted by Crippen LogP contribution is 2.15. The molecule has 9 heteroatoms. The summed E-state index contributed by atoms with van der Waals surface area (Å²) in [6.07, 6.45) is 2.55. The van der Waals surface area contributed by atoms with E-state index in [4.69, 9.17) is 10.5 Å². The van der Waals surface area contributed by atoms with Crippen LogP contribution in [-0.4, -0.2) is 33.8 Å². The molecule has 3 N–H and O–H groups in total. The van der Waals surface area contributed by atoms with Gasteiger partial charge in [0.2, 0.25) is 0 Å². The van der Waals surface area contributed by atoms with Crippen LogP contribution in [0.4, 0.5) is 4.79 Å². The van der Waals surface area contributed by atoms with Gasteiger partial charge in [-0.15, -0.1) is 0 Å². The van der Waals surface area contributed by atoms with Crippen molar-refractivity contribution in [2.75, 3.05) is 0 Å². The van der Waals surface area contributed by atoms with Crippen LogP contribution in [0.15, 0.2) is 29.1 Å². The third-order valence-corrected chi connectivity index (χ3v) is 4.18. The van der Waals surface area contributed by atoms with Gasteiger partial charge in [0.05, 0.1) is 5.39 Å². The summed E-state index contributed by atoms with van der Waals surface area (Å²) in [4.78, 5) is 47.8. The van der Waals surface area contributed by atoms with Gasteiger partial charge in [-0.05, 0) is 19.4 Å². The second-order valence-electron chi connectivity index (χ2n) is 6.38. The van der Waals surface area contributed by atoms with Gasteiger partial charge in [-0.2, -0.15) is 5.10 Å². The van der Waals surface area contributed by atoms with Crippen molar-refractivity contribution < 1.29 is 19.1 Å². The average molecular weight is 388 g/mol. The zero-order chi connectivity index (χ0) is 20.7. The van der Waals surface area contributed by atoms with Crippen molar-refractivity contribution in [3.05, 3.63) is 40.3 Å². The number of primary amides is 1. The first-order chi connectivity index (χ1) is 13.3. The predicted octanol–water partition coefficient (Wildman–Crippen LogP) is 1.72. The average Bonchev–Trinajstić information content (AvgIpc) is 2.66. The van der Waals surface area contributed by atoms with Gasteiger partial charge in [0.25, 0.3) is 11.5 Å². The van der Waals surface area contributed by atoms with E-state index in [9.17, 15) is 19.2 Å². The number of fused-ring (bicyclic) bond motifs is 1. The molecule has 0 radical (unpaired) electrons. The van der Waals surface area contributed by atoms with Crippen LogP contribution in [0.1, 0.15) is 50.0 Å². The Hall–Kier alpha value is -3.23. The van der Waals surface area contributed by atoms with Crippen LogP contribution in [0.25, 0.3) is 10.8 Å². The normalized spacial score (nSPS) is 11.8. The van der Waals surface area contributed by atoms with E-state index in [0.29, 0.717) is 17.3 Å². The number of nitrogens with one attached hydrogen (secondary N) is 1. The number of hydrogen-bond donors (Lipinski definition) is 2. The maximum atomic E-state index is 12.7. The summed E-state index contributed by atoms with van der Waals surface area (Å²) in [5.74, 6) is -1.72. The predicted molar refractivity (Wildman–Crippen MR) is 103 cm³/mol. The second-order valence-corrected chi connectivity index (χ2v) is 6.38. The minimum absolute atomic E-state index is 0.0654. The van der Waals surface area contributed by atoms with Gasteiger partial charge in [-0.25, -0.2) is 14.3 Å². The van der Waals surface area contributed by atoms with E-state index in [2.05, 4.69) is 12.0 Å². The fraction of sp³-hybridized carbons (Fsp3) is 0.421. The number of carbonyl (C=O) groups excluding carboxylic acids is 3. The van der Waals surface area contributed by atoms with E-state index in [1.165, 1.54) is 11.6 Å². The van der Waals surface area contributed by atoms with Crippen molar-refractivity contribution in [2.45, 2.75) is 52.2 Å². The van der Waals surface area contributed by atoms with E-state index in [1.807, 2.05) is 5.32 Å². The summed E-state index contributed by atoms with van der Waals surface area (Å²) in [6, 6.07) is 5.54. The lowest BCUT2D eigenvalue weighted by atomic mass is 10.1. The van der Waals surface area contributed by atoms with Crippen LogP contribution in [0.3, 0.4) is 0 Å². The molecule has 0 aliphatic rings. The highest BCUT2D eigenvalue weighted by Gasteiger charge is 2.23. The summed E-state index contributed by atoms with van der Waals surface area (Å²) < 4.78 is 6.36. The van der Waals surface area contributed by atoms with E-state index in [-0.39, 0.29) is 11.3 Å². The molecule has 1 heterocycles. The summed E-state index contributed by atoms with van der Waals surface area (Å²) in [5.41, 5.74) is 4.54. The monoisotopic (exact) mass is 388 g/mol. The van der Waals surface area contributed by atoms with Crippen LogP contribution in [0, 0.1) is 0 Å². The highest BCUT2D eigenvalue weighted by molar-refractivity contribution is 6.03. The third kappa shape index (κ3) is 5.15. The molecular formula is C19H24N4O5. The van der Waals surface area contributed by atoms with Crippen molar-refractivity contribution >= 4 is 28.7 Å². The second kappa shape index (κ2) is 9.63. The van der Waals surface area contributed by atoms with Gasteiger partial charge in [-0.1, -0.05) is 44.4 Å². The molecule has 9 nitrogen and oxygen atoms in total. The van der Waals surface area contributed by atoms with Crippen molar-refractivity contribution in [3.8, 4) is 0 Å². The number of hydrogen-bond acceptors (Lipinski definition) is 6. The standard InChI is InChI=1S/C19H24N4O5/c1-3-4-5-8-11-23-17(25)14-10-7-6-9-13(14)15(22-23)18(26)28-12(2)16(24)21-19(20)27/h6-7,9-10,12H,3-5,8,11H2,1-2H3,(H3,20,21,24,27)/t12-/m1/s1. The van der Waals surface area contributed by atoms with E-state index in [0.717, 1.165) is 25.7 Å². The SMILES string of the molecule is CCCCCCn1nc(C(=O)O[C@H](C)C(=O)NC(N)=O)c2ccccc2c1=O. The number of esters is 1. The molecule has 0 saturated heterocycles. The number of ether oxygens (including phenoxy) is 1. The molecule has 1 aromatic heterocycles. The van der Waals surface area contributed by atoms with Crippen LogP contribution in [0.5, 0.6) is 0 Å². The molecule has 0 bridgehead atoms. The quantitative estimate of drug-likeness (QED) is 0.522. The topological polar surface area (TPSA) is 133 Å². The maximum Gasteiger partial charge on any atom is 0.360 e. The molecule has 0 unspecified atom stereocenters. The van der Waals surface area contributed by atoms with Gasteiger partial charge in [0.1, 0.15) is 0 Å². The third-order valence-electron chi connectivity index (χ3n) is 4.18. The number of unbranched alkanes of at least 4 members (excludes halogenated alkanes) is 3. The van der Waals surface area contributed by atoms with Crippen LogP contribution in [-0.2, 0) is 16.1 Å². The Morgan fingerprint density at radius 3 is 2.50 bits per heavy atom. The summed E-state index contributed by atoms with van der Waals surface area (Å²) in [5, 5.41) is 6.70. The molecule has 0 spiro atoms. The first-order valence-electron chi connectivity index (χ1n) is 9.16. The Labute approximate surface area is 161 Å². The fourth-order valence-electron chi connectivity index (χ4n) is 2.72. The van der Waals surface area contributed by atoms with Gasteiger partial charge < -0.3 is 10.5 Å². The Balaban J connectivity index is 2.32. The number of rotatable bonds is 8. The maximum absolute atomic E-state index is 12.7. The zero-order valence-electron chi connectivity index (χ0n) is 15.9. The van der Waals surface area contributed by atoms with Gasteiger partial charge in [-0.3, -0.25) is 14.9 Å². The molecule has 150 valence electrons. The molecule has 3 amide bonds. The van der Waals surface area contributed by atoms with Gasteiger partial charge in [0, 0.05) is 11.9 Å². The molecular weight excluding hydrogens is 364 g/mol. The number of benzene rings is 1. The number of urea groups is 1. The minimum atomic E-state index is -1.26. The lowest BCUT2D eigenvalue weighted by molar-refractivity contribution is -0.127. The molecule has 1 atom stereocenters. The number of imide groups is 1. The van der Waals surface area contributed by atoms with Crippen LogP contribution >= 0.6 is 0 Å². The lowest BCUT2D eigenvalue weighted by Gasteiger charge is -2.14. The number of carbonyl (C=O) groups is 3. The van der Waals surface area contributed by atoms with Gasteiger partial charge in [0.15, 0.2) is 11.8 Å².